The highest BCUT2D eigenvalue weighted by Gasteiger charge is 2.35. The number of carbonyl (C=O) groups is 3. The molecule has 0 aromatic heterocycles. The monoisotopic (exact) mass is 244 g/mol. The Morgan fingerprint density at radius 3 is 2.76 bits per heavy atom. The van der Waals surface area contributed by atoms with Gasteiger partial charge in [0.15, 0.2) is 0 Å². The fourth-order valence-corrected chi connectivity index (χ4v) is 1.55. The molecule has 3 amide bonds. The van der Waals surface area contributed by atoms with Crippen LogP contribution in [0.15, 0.2) is 0 Å². The molecular formula is C9H16N4O4. The maximum atomic E-state index is 11.7. The van der Waals surface area contributed by atoms with Gasteiger partial charge in [0, 0.05) is 13.1 Å². The first kappa shape index (κ1) is 13.4. The van der Waals surface area contributed by atoms with Crippen molar-refractivity contribution in [2.24, 2.45) is 5.84 Å². The molecule has 0 bridgehead atoms. The lowest BCUT2D eigenvalue weighted by atomic mass is 10.2. The molecule has 1 heterocycles. The number of nitrogens with zero attached hydrogens (tertiary/aromatic N) is 1. The minimum Gasteiger partial charge on any atom is -0.377 e. The summed E-state index contributed by atoms with van der Waals surface area (Å²) < 4.78 is 5.13. The van der Waals surface area contributed by atoms with Gasteiger partial charge >= 0.3 is 11.8 Å². The molecule has 1 saturated heterocycles. The molecular weight excluding hydrogens is 228 g/mol. The molecule has 17 heavy (non-hydrogen) atoms. The molecule has 1 fully saturated rings. The molecule has 1 atom stereocenters. The van der Waals surface area contributed by atoms with E-state index in [0.717, 1.165) is 4.90 Å². The van der Waals surface area contributed by atoms with E-state index in [-0.39, 0.29) is 19.1 Å². The van der Waals surface area contributed by atoms with E-state index < -0.39 is 17.9 Å². The number of rotatable bonds is 2. The van der Waals surface area contributed by atoms with Gasteiger partial charge in [-0.2, -0.15) is 0 Å². The van der Waals surface area contributed by atoms with Crippen LogP contribution in [0.5, 0.6) is 0 Å². The maximum absolute atomic E-state index is 11.7. The van der Waals surface area contributed by atoms with E-state index in [2.05, 4.69) is 5.32 Å². The van der Waals surface area contributed by atoms with E-state index in [9.17, 15) is 14.4 Å². The SMILES string of the molecule is CCNC(=O)C1COCCN1C(=O)C(=O)NN. The summed E-state index contributed by atoms with van der Waals surface area (Å²) in [4.78, 5) is 35.6. The van der Waals surface area contributed by atoms with Gasteiger partial charge in [0.05, 0.1) is 13.2 Å². The topological polar surface area (TPSA) is 114 Å². The molecule has 1 unspecified atom stereocenters. The van der Waals surface area contributed by atoms with Crippen molar-refractivity contribution < 1.29 is 19.1 Å². The number of hydrogen-bond acceptors (Lipinski definition) is 5. The molecule has 1 rings (SSSR count). The van der Waals surface area contributed by atoms with Crippen LogP contribution in [0.3, 0.4) is 0 Å². The van der Waals surface area contributed by atoms with Crippen molar-refractivity contribution in [2.45, 2.75) is 13.0 Å². The highest BCUT2D eigenvalue weighted by atomic mass is 16.5. The first-order valence-electron chi connectivity index (χ1n) is 5.28. The second-order valence-electron chi connectivity index (χ2n) is 3.46. The van der Waals surface area contributed by atoms with Crippen molar-refractivity contribution in [1.82, 2.24) is 15.6 Å². The molecule has 0 aliphatic carbocycles. The predicted octanol–water partition coefficient (Wildman–Crippen LogP) is -2.66. The molecule has 4 N–H and O–H groups in total. The molecule has 0 spiro atoms. The molecule has 0 radical (unpaired) electrons. The Hall–Kier alpha value is -1.67. The van der Waals surface area contributed by atoms with Crippen molar-refractivity contribution in [1.29, 1.82) is 0 Å². The lowest BCUT2D eigenvalue weighted by Crippen LogP contribution is -2.59. The van der Waals surface area contributed by atoms with Gasteiger partial charge in [-0.25, -0.2) is 5.84 Å². The Balaban J connectivity index is 2.75. The zero-order chi connectivity index (χ0) is 12.8. The Bertz CT molecular complexity index is 320. The van der Waals surface area contributed by atoms with Crippen LogP contribution in [0.1, 0.15) is 6.92 Å². The predicted molar refractivity (Wildman–Crippen MR) is 57.3 cm³/mol. The number of likely N-dealkylation sites (N-methyl/N-ethyl adjacent to an activating group) is 1. The van der Waals surface area contributed by atoms with Gasteiger partial charge in [-0.3, -0.25) is 19.8 Å². The summed E-state index contributed by atoms with van der Waals surface area (Å²) in [6, 6.07) is -0.784. The first-order valence-corrected chi connectivity index (χ1v) is 5.28. The smallest absolute Gasteiger partial charge is 0.323 e. The van der Waals surface area contributed by atoms with Crippen LogP contribution in [0.25, 0.3) is 0 Å². The summed E-state index contributed by atoms with van der Waals surface area (Å²) in [5, 5.41) is 2.58. The van der Waals surface area contributed by atoms with E-state index in [1.54, 1.807) is 12.3 Å². The van der Waals surface area contributed by atoms with Gasteiger partial charge in [0.1, 0.15) is 6.04 Å². The number of carbonyl (C=O) groups excluding carboxylic acids is 3. The number of morpholine rings is 1. The van der Waals surface area contributed by atoms with Crippen molar-refractivity contribution >= 4 is 17.7 Å². The van der Waals surface area contributed by atoms with E-state index in [1.807, 2.05) is 0 Å². The van der Waals surface area contributed by atoms with Gasteiger partial charge in [-0.05, 0) is 6.92 Å². The number of ether oxygens (including phenoxy) is 1. The second kappa shape index (κ2) is 6.16. The van der Waals surface area contributed by atoms with Crippen LogP contribution in [0.2, 0.25) is 0 Å². The third-order valence-electron chi connectivity index (χ3n) is 2.37. The number of hydrogen-bond donors (Lipinski definition) is 3. The number of amides is 3. The van der Waals surface area contributed by atoms with Crippen molar-refractivity contribution in [3.63, 3.8) is 0 Å². The normalized spacial score (nSPS) is 19.6. The van der Waals surface area contributed by atoms with Crippen LogP contribution in [-0.2, 0) is 19.1 Å². The van der Waals surface area contributed by atoms with Gasteiger partial charge in [0.2, 0.25) is 5.91 Å². The fourth-order valence-electron chi connectivity index (χ4n) is 1.55. The largest absolute Gasteiger partial charge is 0.377 e. The Labute approximate surface area is 98.4 Å². The van der Waals surface area contributed by atoms with Crippen LogP contribution in [0.4, 0.5) is 0 Å². The van der Waals surface area contributed by atoms with Gasteiger partial charge in [-0.1, -0.05) is 0 Å². The Morgan fingerprint density at radius 2 is 2.18 bits per heavy atom. The summed E-state index contributed by atoms with van der Waals surface area (Å²) in [6.45, 7) is 2.77. The molecule has 0 aromatic carbocycles. The highest BCUT2D eigenvalue weighted by Crippen LogP contribution is 2.07. The molecule has 8 nitrogen and oxygen atoms in total. The first-order chi connectivity index (χ1) is 8.11. The van der Waals surface area contributed by atoms with Gasteiger partial charge in [0.25, 0.3) is 0 Å². The molecule has 0 aromatic rings. The van der Waals surface area contributed by atoms with Crippen molar-refractivity contribution in [3.8, 4) is 0 Å². The van der Waals surface area contributed by atoms with E-state index in [0.29, 0.717) is 13.2 Å². The molecule has 96 valence electrons. The van der Waals surface area contributed by atoms with Crippen LogP contribution in [-0.4, -0.2) is 55.0 Å². The van der Waals surface area contributed by atoms with E-state index >= 15 is 0 Å². The molecule has 1 aliphatic rings. The summed E-state index contributed by atoms with van der Waals surface area (Å²) in [5.74, 6) is 2.77. The Morgan fingerprint density at radius 1 is 1.47 bits per heavy atom. The number of nitrogens with two attached hydrogens (primary N) is 1. The van der Waals surface area contributed by atoms with Crippen LogP contribution >= 0.6 is 0 Å². The van der Waals surface area contributed by atoms with Crippen LogP contribution in [0, 0.1) is 0 Å². The number of hydrazine groups is 1. The minimum absolute atomic E-state index is 0.0788. The lowest BCUT2D eigenvalue weighted by molar-refractivity contribution is -0.155. The standard InChI is InChI=1S/C9H16N4O4/c1-2-11-7(14)6-5-17-4-3-13(6)9(16)8(15)12-10/h6H,2-5,10H2,1H3,(H,11,14)(H,12,15). The lowest BCUT2D eigenvalue weighted by Gasteiger charge is -2.33. The molecule has 8 heteroatoms. The van der Waals surface area contributed by atoms with E-state index in [4.69, 9.17) is 10.6 Å². The molecule has 0 saturated carbocycles. The summed E-state index contributed by atoms with van der Waals surface area (Å²) in [5.41, 5.74) is 1.75. The summed E-state index contributed by atoms with van der Waals surface area (Å²) in [7, 11) is 0. The van der Waals surface area contributed by atoms with Crippen LogP contribution < -0.4 is 16.6 Å². The quantitative estimate of drug-likeness (QED) is 0.212. The average Bonchev–Trinajstić information content (AvgIpc) is 2.37. The Kier molecular flexibility index (Phi) is 4.85. The van der Waals surface area contributed by atoms with Crippen molar-refractivity contribution in [2.75, 3.05) is 26.3 Å². The fraction of sp³-hybridized carbons (Fsp3) is 0.667. The zero-order valence-corrected chi connectivity index (χ0v) is 9.56. The molecule has 1 aliphatic heterocycles. The average molecular weight is 244 g/mol. The van der Waals surface area contributed by atoms with Gasteiger partial charge < -0.3 is 15.0 Å². The highest BCUT2D eigenvalue weighted by molar-refractivity contribution is 6.35. The minimum atomic E-state index is -0.943. The summed E-state index contributed by atoms with van der Waals surface area (Å²) in [6.07, 6.45) is 0. The third kappa shape index (κ3) is 3.14. The van der Waals surface area contributed by atoms with E-state index in [1.165, 1.54) is 0 Å². The van der Waals surface area contributed by atoms with Crippen molar-refractivity contribution in [3.05, 3.63) is 0 Å². The summed E-state index contributed by atoms with van der Waals surface area (Å²) >= 11 is 0. The van der Waals surface area contributed by atoms with Gasteiger partial charge in [-0.15, -0.1) is 0 Å². The second-order valence-corrected chi connectivity index (χ2v) is 3.46. The zero-order valence-electron chi connectivity index (χ0n) is 9.56. The maximum Gasteiger partial charge on any atom is 0.323 e. The third-order valence-corrected chi connectivity index (χ3v) is 2.37. The number of nitrogens with one attached hydrogen (secondary N) is 2.